The molecule has 0 amide bonds. The molecule has 3 nitrogen and oxygen atoms in total. The van der Waals surface area contributed by atoms with E-state index in [4.69, 9.17) is 4.74 Å². The minimum Gasteiger partial charge on any atom is -0.383 e. The zero-order valence-corrected chi connectivity index (χ0v) is 14.0. The van der Waals surface area contributed by atoms with Crippen LogP contribution in [0.15, 0.2) is 0 Å². The van der Waals surface area contributed by atoms with Crippen molar-refractivity contribution >= 4 is 0 Å². The average Bonchev–Trinajstić information content (AvgIpc) is 2.36. The van der Waals surface area contributed by atoms with Crippen LogP contribution in [0.25, 0.3) is 0 Å². The molecule has 19 heavy (non-hydrogen) atoms. The zero-order chi connectivity index (χ0) is 14.7. The van der Waals surface area contributed by atoms with Gasteiger partial charge in [0.05, 0.1) is 6.61 Å². The lowest BCUT2D eigenvalue weighted by atomic mass is 10.1. The fourth-order valence-corrected chi connectivity index (χ4v) is 2.66. The summed E-state index contributed by atoms with van der Waals surface area (Å²) in [6.45, 7) is 15.6. The van der Waals surface area contributed by atoms with E-state index in [0.29, 0.717) is 12.1 Å². The molecule has 0 spiro atoms. The maximum Gasteiger partial charge on any atom is 0.0628 e. The highest BCUT2D eigenvalue weighted by atomic mass is 16.5. The first-order valence-electron chi connectivity index (χ1n) is 8.05. The molecule has 0 aromatic heterocycles. The molecular formula is C16H36N2O. The topological polar surface area (TPSA) is 24.5 Å². The van der Waals surface area contributed by atoms with Gasteiger partial charge in [-0.15, -0.1) is 0 Å². The molecule has 0 saturated carbocycles. The molecule has 0 radical (unpaired) electrons. The van der Waals surface area contributed by atoms with Crippen LogP contribution in [-0.2, 0) is 4.74 Å². The van der Waals surface area contributed by atoms with E-state index in [1.165, 1.54) is 25.8 Å². The molecule has 0 rings (SSSR count). The van der Waals surface area contributed by atoms with Gasteiger partial charge in [0.15, 0.2) is 0 Å². The second-order valence-electron chi connectivity index (χ2n) is 5.92. The summed E-state index contributed by atoms with van der Waals surface area (Å²) in [4.78, 5) is 2.65. The van der Waals surface area contributed by atoms with E-state index in [1.807, 2.05) is 0 Å². The Morgan fingerprint density at radius 1 is 1.05 bits per heavy atom. The van der Waals surface area contributed by atoms with Crippen molar-refractivity contribution in [3.05, 3.63) is 0 Å². The van der Waals surface area contributed by atoms with Crippen molar-refractivity contribution in [1.82, 2.24) is 10.2 Å². The fraction of sp³-hybridized carbons (Fsp3) is 1.00. The van der Waals surface area contributed by atoms with Crippen LogP contribution in [0.2, 0.25) is 0 Å². The van der Waals surface area contributed by atoms with Gasteiger partial charge in [-0.1, -0.05) is 34.6 Å². The predicted molar refractivity (Wildman–Crippen MR) is 84.7 cm³/mol. The zero-order valence-electron chi connectivity index (χ0n) is 14.0. The number of hydrogen-bond acceptors (Lipinski definition) is 3. The Morgan fingerprint density at radius 2 is 1.68 bits per heavy atom. The van der Waals surface area contributed by atoms with E-state index >= 15 is 0 Å². The molecular weight excluding hydrogens is 236 g/mol. The molecule has 0 aliphatic heterocycles. The first kappa shape index (κ1) is 18.9. The highest BCUT2D eigenvalue weighted by molar-refractivity contribution is 4.77. The number of hydrogen-bond donors (Lipinski definition) is 1. The third-order valence-corrected chi connectivity index (χ3v) is 3.56. The Morgan fingerprint density at radius 3 is 2.11 bits per heavy atom. The van der Waals surface area contributed by atoms with Gasteiger partial charge in [-0.25, -0.2) is 0 Å². The van der Waals surface area contributed by atoms with Crippen molar-refractivity contribution in [1.29, 1.82) is 0 Å². The number of nitrogens with one attached hydrogen (secondary N) is 1. The van der Waals surface area contributed by atoms with Crippen molar-refractivity contribution in [3.63, 3.8) is 0 Å². The van der Waals surface area contributed by atoms with Crippen molar-refractivity contribution in [2.75, 3.05) is 33.4 Å². The minimum absolute atomic E-state index is 0.448. The molecule has 0 heterocycles. The normalized spacial score (nSPS) is 13.7. The van der Waals surface area contributed by atoms with Crippen molar-refractivity contribution < 1.29 is 4.74 Å². The molecule has 3 heteroatoms. The summed E-state index contributed by atoms with van der Waals surface area (Å²) in [7, 11) is 1.80. The molecule has 0 aromatic carbocycles. The molecule has 0 aromatic rings. The van der Waals surface area contributed by atoms with E-state index in [0.717, 1.165) is 25.6 Å². The van der Waals surface area contributed by atoms with Crippen molar-refractivity contribution in [3.8, 4) is 0 Å². The second kappa shape index (κ2) is 11.7. The SMILES string of the molecule is CCCNC(COC)CN(CC(C)C)C(CC)CC. The van der Waals surface area contributed by atoms with Gasteiger partial charge in [-0.2, -0.15) is 0 Å². The van der Waals surface area contributed by atoms with Crippen LogP contribution < -0.4 is 5.32 Å². The number of ether oxygens (including phenoxy) is 1. The molecule has 116 valence electrons. The fourth-order valence-electron chi connectivity index (χ4n) is 2.66. The summed E-state index contributed by atoms with van der Waals surface area (Å²) >= 11 is 0. The molecule has 1 unspecified atom stereocenters. The molecule has 0 fully saturated rings. The summed E-state index contributed by atoms with van der Waals surface area (Å²) in [5.74, 6) is 0.718. The summed E-state index contributed by atoms with van der Waals surface area (Å²) in [6, 6.07) is 1.15. The monoisotopic (exact) mass is 272 g/mol. The lowest BCUT2D eigenvalue weighted by Gasteiger charge is -2.35. The second-order valence-corrected chi connectivity index (χ2v) is 5.92. The maximum absolute atomic E-state index is 5.36. The Balaban J connectivity index is 4.53. The van der Waals surface area contributed by atoms with Gasteiger partial charge in [0, 0.05) is 32.3 Å². The molecule has 0 aliphatic rings. The first-order valence-corrected chi connectivity index (χ1v) is 8.05. The standard InChI is InChI=1S/C16H36N2O/c1-7-10-17-15(13-19-6)12-18(11-14(4)5)16(8-2)9-3/h14-17H,7-13H2,1-6H3. The van der Waals surface area contributed by atoms with Gasteiger partial charge in [0.1, 0.15) is 0 Å². The lowest BCUT2D eigenvalue weighted by molar-refractivity contribution is 0.106. The minimum atomic E-state index is 0.448. The molecule has 1 atom stereocenters. The maximum atomic E-state index is 5.36. The smallest absolute Gasteiger partial charge is 0.0628 e. The third kappa shape index (κ3) is 8.61. The van der Waals surface area contributed by atoms with Crippen LogP contribution in [-0.4, -0.2) is 50.3 Å². The largest absolute Gasteiger partial charge is 0.383 e. The Hall–Kier alpha value is -0.120. The molecule has 1 N–H and O–H groups in total. The molecule has 0 saturated heterocycles. The number of methoxy groups -OCH3 is 1. The lowest BCUT2D eigenvalue weighted by Crippen LogP contribution is -2.48. The van der Waals surface area contributed by atoms with Crippen LogP contribution in [0.4, 0.5) is 0 Å². The first-order chi connectivity index (χ1) is 9.08. The van der Waals surface area contributed by atoms with Crippen LogP contribution >= 0.6 is 0 Å². The van der Waals surface area contributed by atoms with Crippen LogP contribution in [0.1, 0.15) is 53.9 Å². The van der Waals surface area contributed by atoms with Crippen molar-refractivity contribution in [2.24, 2.45) is 5.92 Å². The molecule has 0 aliphatic carbocycles. The van der Waals surface area contributed by atoms with Gasteiger partial charge in [0.25, 0.3) is 0 Å². The van der Waals surface area contributed by atoms with E-state index in [2.05, 4.69) is 44.8 Å². The van der Waals surface area contributed by atoms with Gasteiger partial charge in [0.2, 0.25) is 0 Å². The average molecular weight is 272 g/mol. The Bertz CT molecular complexity index is 193. The van der Waals surface area contributed by atoms with Crippen LogP contribution in [0.3, 0.4) is 0 Å². The summed E-state index contributed by atoms with van der Waals surface area (Å²) in [5, 5.41) is 3.61. The van der Waals surface area contributed by atoms with Gasteiger partial charge in [-0.3, -0.25) is 4.90 Å². The van der Waals surface area contributed by atoms with E-state index in [1.54, 1.807) is 7.11 Å². The number of nitrogens with zero attached hydrogens (tertiary/aromatic N) is 1. The van der Waals surface area contributed by atoms with Crippen molar-refractivity contribution in [2.45, 2.75) is 66.0 Å². The van der Waals surface area contributed by atoms with Gasteiger partial charge in [-0.05, 0) is 31.7 Å². The summed E-state index contributed by atoms with van der Waals surface area (Å²) < 4.78 is 5.36. The van der Waals surface area contributed by atoms with E-state index in [-0.39, 0.29) is 0 Å². The van der Waals surface area contributed by atoms with Gasteiger partial charge >= 0.3 is 0 Å². The third-order valence-electron chi connectivity index (χ3n) is 3.56. The summed E-state index contributed by atoms with van der Waals surface area (Å²) in [5.41, 5.74) is 0. The highest BCUT2D eigenvalue weighted by Gasteiger charge is 2.20. The highest BCUT2D eigenvalue weighted by Crippen LogP contribution is 2.12. The van der Waals surface area contributed by atoms with E-state index < -0.39 is 0 Å². The quantitative estimate of drug-likeness (QED) is 0.591. The Kier molecular flexibility index (Phi) is 11.6. The van der Waals surface area contributed by atoms with Crippen LogP contribution in [0, 0.1) is 5.92 Å². The number of rotatable bonds is 12. The van der Waals surface area contributed by atoms with E-state index in [9.17, 15) is 0 Å². The molecule has 0 bridgehead atoms. The predicted octanol–water partition coefficient (Wildman–Crippen LogP) is 3.15. The van der Waals surface area contributed by atoms with Gasteiger partial charge < -0.3 is 10.1 Å². The summed E-state index contributed by atoms with van der Waals surface area (Å²) in [6.07, 6.45) is 3.64. The Labute approximate surface area is 121 Å². The van der Waals surface area contributed by atoms with Crippen LogP contribution in [0.5, 0.6) is 0 Å².